The molecule has 0 aliphatic rings. The van der Waals surface area contributed by atoms with E-state index >= 15 is 0 Å². The van der Waals surface area contributed by atoms with E-state index in [-0.39, 0.29) is 17.6 Å². The predicted octanol–water partition coefficient (Wildman–Crippen LogP) is 3.56. The highest BCUT2D eigenvalue weighted by molar-refractivity contribution is 5.31. The summed E-state index contributed by atoms with van der Waals surface area (Å²) in [7, 11) is 1.47. The molecule has 0 aliphatic heterocycles. The summed E-state index contributed by atoms with van der Waals surface area (Å²) in [5, 5.41) is 0. The molecule has 0 fully saturated rings. The third-order valence-corrected chi connectivity index (χ3v) is 3.64. The quantitative estimate of drug-likeness (QED) is 0.560. The maximum absolute atomic E-state index is 13.8. The molecule has 1 aromatic rings. The number of nitrogens with one attached hydrogen (secondary N) is 1. The van der Waals surface area contributed by atoms with E-state index in [1.54, 1.807) is 6.07 Å². The Hall–Kier alpha value is -1.13. The average molecular weight is 268 g/mol. The van der Waals surface area contributed by atoms with Crippen molar-refractivity contribution in [3.05, 3.63) is 29.6 Å². The first kappa shape index (κ1) is 15.9. The molecule has 0 heterocycles. The second-order valence-electron chi connectivity index (χ2n) is 4.85. The fourth-order valence-electron chi connectivity index (χ4n) is 2.45. The van der Waals surface area contributed by atoms with Crippen molar-refractivity contribution in [2.75, 3.05) is 7.11 Å². The van der Waals surface area contributed by atoms with Crippen LogP contribution in [-0.2, 0) is 0 Å². The van der Waals surface area contributed by atoms with Crippen molar-refractivity contribution in [3.8, 4) is 5.75 Å². The van der Waals surface area contributed by atoms with E-state index in [9.17, 15) is 4.39 Å². The topological polar surface area (TPSA) is 47.3 Å². The van der Waals surface area contributed by atoms with E-state index in [4.69, 9.17) is 10.6 Å². The first-order valence-corrected chi connectivity index (χ1v) is 6.97. The Morgan fingerprint density at radius 1 is 1.37 bits per heavy atom. The number of unbranched alkanes of at least 4 members (excludes halogenated alkanes) is 1. The molecular weight excluding hydrogens is 243 g/mol. The number of hydrogen-bond acceptors (Lipinski definition) is 3. The number of hydrogen-bond donors (Lipinski definition) is 2. The van der Waals surface area contributed by atoms with Crippen LogP contribution in [0.25, 0.3) is 0 Å². The summed E-state index contributed by atoms with van der Waals surface area (Å²) in [5.74, 6) is 6.01. The number of halogens is 1. The van der Waals surface area contributed by atoms with E-state index in [0.717, 1.165) is 31.2 Å². The second kappa shape index (κ2) is 8.12. The SMILES string of the molecule is CCCCC(CC)C(NN)c1ccc(OC)c(F)c1. The Morgan fingerprint density at radius 3 is 2.58 bits per heavy atom. The molecule has 0 aromatic heterocycles. The van der Waals surface area contributed by atoms with Gasteiger partial charge < -0.3 is 4.74 Å². The Bertz CT molecular complexity index is 384. The van der Waals surface area contributed by atoms with Crippen LogP contribution in [0, 0.1) is 11.7 Å². The molecule has 19 heavy (non-hydrogen) atoms. The minimum Gasteiger partial charge on any atom is -0.494 e. The van der Waals surface area contributed by atoms with Crippen LogP contribution in [0.3, 0.4) is 0 Å². The van der Waals surface area contributed by atoms with Crippen LogP contribution < -0.4 is 16.0 Å². The lowest BCUT2D eigenvalue weighted by Gasteiger charge is -2.26. The van der Waals surface area contributed by atoms with Gasteiger partial charge in [0, 0.05) is 6.04 Å². The minimum absolute atomic E-state index is 0.0167. The summed E-state index contributed by atoms with van der Waals surface area (Å²) in [6.07, 6.45) is 4.43. The van der Waals surface area contributed by atoms with Crippen LogP contribution in [0.2, 0.25) is 0 Å². The van der Waals surface area contributed by atoms with Gasteiger partial charge >= 0.3 is 0 Å². The van der Waals surface area contributed by atoms with Crippen LogP contribution in [-0.4, -0.2) is 7.11 Å². The van der Waals surface area contributed by atoms with Crippen molar-refractivity contribution < 1.29 is 9.13 Å². The van der Waals surface area contributed by atoms with Crippen LogP contribution in [0.5, 0.6) is 5.75 Å². The highest BCUT2D eigenvalue weighted by Crippen LogP contribution is 2.30. The molecule has 2 unspecified atom stereocenters. The van der Waals surface area contributed by atoms with E-state index in [1.165, 1.54) is 13.2 Å². The van der Waals surface area contributed by atoms with Crippen LogP contribution in [0.15, 0.2) is 18.2 Å². The molecule has 3 nitrogen and oxygen atoms in total. The molecule has 1 aromatic carbocycles. The number of methoxy groups -OCH3 is 1. The molecule has 0 bridgehead atoms. The maximum Gasteiger partial charge on any atom is 0.165 e. The predicted molar refractivity (Wildman–Crippen MR) is 76.3 cm³/mol. The number of nitrogens with two attached hydrogens (primary N) is 1. The van der Waals surface area contributed by atoms with Crippen molar-refractivity contribution in [2.24, 2.45) is 11.8 Å². The van der Waals surface area contributed by atoms with Crippen molar-refractivity contribution >= 4 is 0 Å². The highest BCUT2D eigenvalue weighted by Gasteiger charge is 2.21. The Morgan fingerprint density at radius 2 is 2.11 bits per heavy atom. The minimum atomic E-state index is -0.342. The molecule has 1 rings (SSSR count). The van der Waals surface area contributed by atoms with Crippen molar-refractivity contribution in [3.63, 3.8) is 0 Å². The molecule has 108 valence electrons. The van der Waals surface area contributed by atoms with Crippen molar-refractivity contribution in [1.82, 2.24) is 5.43 Å². The van der Waals surface area contributed by atoms with Crippen LogP contribution in [0.1, 0.15) is 51.1 Å². The Balaban J connectivity index is 2.91. The molecule has 4 heteroatoms. The fourth-order valence-corrected chi connectivity index (χ4v) is 2.45. The van der Waals surface area contributed by atoms with E-state index < -0.39 is 0 Å². The third kappa shape index (κ3) is 4.18. The van der Waals surface area contributed by atoms with Gasteiger partial charge in [0.25, 0.3) is 0 Å². The molecule has 2 atom stereocenters. The van der Waals surface area contributed by atoms with Gasteiger partial charge in [0.15, 0.2) is 11.6 Å². The molecule has 0 saturated heterocycles. The number of rotatable bonds is 8. The summed E-state index contributed by atoms with van der Waals surface area (Å²) in [6, 6.07) is 5.03. The van der Waals surface area contributed by atoms with Gasteiger partial charge in [0.05, 0.1) is 7.11 Å². The standard InChI is InChI=1S/C15H25FN2O/c1-4-6-7-11(5-2)15(18-17)12-8-9-14(19-3)13(16)10-12/h8-11,15,18H,4-7,17H2,1-3H3. The molecule has 0 saturated carbocycles. The summed E-state index contributed by atoms with van der Waals surface area (Å²) >= 11 is 0. The normalized spacial score (nSPS) is 14.2. The lowest BCUT2D eigenvalue weighted by atomic mass is 9.87. The summed E-state index contributed by atoms with van der Waals surface area (Å²) in [4.78, 5) is 0. The summed E-state index contributed by atoms with van der Waals surface area (Å²) < 4.78 is 18.7. The van der Waals surface area contributed by atoms with Gasteiger partial charge in [-0.25, -0.2) is 4.39 Å². The maximum atomic E-state index is 13.8. The first-order chi connectivity index (χ1) is 9.17. The van der Waals surface area contributed by atoms with E-state index in [1.807, 2.05) is 6.07 Å². The lowest BCUT2D eigenvalue weighted by molar-refractivity contribution is 0.324. The van der Waals surface area contributed by atoms with E-state index in [2.05, 4.69) is 19.3 Å². The smallest absolute Gasteiger partial charge is 0.165 e. The third-order valence-electron chi connectivity index (χ3n) is 3.64. The average Bonchev–Trinajstić information content (AvgIpc) is 2.43. The largest absolute Gasteiger partial charge is 0.494 e. The molecular formula is C15H25FN2O. The van der Waals surface area contributed by atoms with Gasteiger partial charge in [-0.3, -0.25) is 11.3 Å². The monoisotopic (exact) mass is 268 g/mol. The van der Waals surface area contributed by atoms with Crippen LogP contribution in [0.4, 0.5) is 4.39 Å². The fraction of sp³-hybridized carbons (Fsp3) is 0.600. The summed E-state index contributed by atoms with van der Waals surface area (Å²) in [6.45, 7) is 4.31. The number of benzene rings is 1. The second-order valence-corrected chi connectivity index (χ2v) is 4.85. The van der Waals surface area contributed by atoms with Gasteiger partial charge in [0.1, 0.15) is 0 Å². The molecule has 0 amide bonds. The molecule has 0 aliphatic carbocycles. The van der Waals surface area contributed by atoms with Crippen LogP contribution >= 0.6 is 0 Å². The Labute approximate surface area is 115 Å². The number of ether oxygens (including phenoxy) is 1. The molecule has 3 N–H and O–H groups in total. The van der Waals surface area contributed by atoms with Gasteiger partial charge in [-0.1, -0.05) is 39.2 Å². The van der Waals surface area contributed by atoms with Gasteiger partial charge in [-0.15, -0.1) is 0 Å². The zero-order valence-corrected chi connectivity index (χ0v) is 12.1. The zero-order chi connectivity index (χ0) is 14.3. The van der Waals surface area contributed by atoms with Gasteiger partial charge in [0.2, 0.25) is 0 Å². The van der Waals surface area contributed by atoms with Crippen molar-refractivity contribution in [1.29, 1.82) is 0 Å². The van der Waals surface area contributed by atoms with Gasteiger partial charge in [-0.2, -0.15) is 0 Å². The zero-order valence-electron chi connectivity index (χ0n) is 12.1. The van der Waals surface area contributed by atoms with Crippen molar-refractivity contribution in [2.45, 2.75) is 45.6 Å². The molecule has 0 radical (unpaired) electrons. The first-order valence-electron chi connectivity index (χ1n) is 6.97. The summed E-state index contributed by atoms with van der Waals surface area (Å²) in [5.41, 5.74) is 3.71. The Kier molecular flexibility index (Phi) is 6.81. The highest BCUT2D eigenvalue weighted by atomic mass is 19.1. The van der Waals surface area contributed by atoms with Gasteiger partial charge in [-0.05, 0) is 30.0 Å². The number of hydrazine groups is 1. The lowest BCUT2D eigenvalue weighted by Crippen LogP contribution is -2.33. The molecule has 0 spiro atoms. The van der Waals surface area contributed by atoms with E-state index in [0.29, 0.717) is 5.92 Å².